The Kier molecular flexibility index (Phi) is 5.17. The van der Waals surface area contributed by atoms with Crippen molar-refractivity contribution in [3.05, 3.63) is 24.2 Å². The van der Waals surface area contributed by atoms with E-state index in [2.05, 4.69) is 5.32 Å². The number of carbonyl (C=O) groups is 1. The lowest BCUT2D eigenvalue weighted by Gasteiger charge is -2.01. The summed E-state index contributed by atoms with van der Waals surface area (Å²) in [7, 11) is 0. The molecular weight excluding hydrogens is 202 g/mol. The monoisotopic (exact) mass is 215 g/mol. The number of nitrogens with one attached hydrogen (secondary N) is 1. The van der Waals surface area contributed by atoms with E-state index in [1.54, 1.807) is 18.4 Å². The first-order valence-electron chi connectivity index (χ1n) is 4.30. The lowest BCUT2D eigenvalue weighted by molar-refractivity contribution is -0.118. The van der Waals surface area contributed by atoms with Gasteiger partial charge in [-0.05, 0) is 12.1 Å². The first-order chi connectivity index (χ1) is 6.83. The minimum absolute atomic E-state index is 0.0418. The maximum atomic E-state index is 11.2. The molecule has 0 saturated heterocycles. The molecule has 4 nitrogen and oxygen atoms in total. The van der Waals surface area contributed by atoms with Crippen molar-refractivity contribution in [2.45, 2.75) is 6.54 Å². The molecule has 1 rings (SSSR count). The molecule has 1 aromatic rings. The molecule has 0 aromatic carbocycles. The number of hydrogen-bond donors (Lipinski definition) is 2. The van der Waals surface area contributed by atoms with Gasteiger partial charge in [0.1, 0.15) is 5.76 Å². The zero-order valence-electron chi connectivity index (χ0n) is 7.73. The Morgan fingerprint density at radius 1 is 1.64 bits per heavy atom. The third kappa shape index (κ3) is 4.34. The average molecular weight is 215 g/mol. The standard InChI is InChI=1S/C9H13NO3S/c11-3-5-14-7-9(12)10-6-8-2-1-4-13-8/h1-2,4,11H,3,5-7H2,(H,10,12). The Morgan fingerprint density at radius 3 is 3.14 bits per heavy atom. The van der Waals surface area contributed by atoms with E-state index in [1.165, 1.54) is 11.8 Å². The fourth-order valence-corrected chi connectivity index (χ4v) is 1.44. The molecule has 0 atom stereocenters. The largest absolute Gasteiger partial charge is 0.467 e. The Balaban J connectivity index is 2.09. The second kappa shape index (κ2) is 6.50. The summed E-state index contributed by atoms with van der Waals surface area (Å²) in [6.07, 6.45) is 1.57. The molecule has 2 N–H and O–H groups in total. The van der Waals surface area contributed by atoms with Crippen LogP contribution >= 0.6 is 11.8 Å². The van der Waals surface area contributed by atoms with Crippen LogP contribution in [0.3, 0.4) is 0 Å². The fourth-order valence-electron chi connectivity index (χ4n) is 0.879. The molecule has 0 aliphatic heterocycles. The molecular formula is C9H13NO3S. The summed E-state index contributed by atoms with van der Waals surface area (Å²) in [6.45, 7) is 0.529. The third-order valence-corrected chi connectivity index (χ3v) is 2.45. The van der Waals surface area contributed by atoms with Crippen LogP contribution < -0.4 is 5.32 Å². The van der Waals surface area contributed by atoms with E-state index in [4.69, 9.17) is 9.52 Å². The van der Waals surface area contributed by atoms with Crippen molar-refractivity contribution < 1.29 is 14.3 Å². The van der Waals surface area contributed by atoms with E-state index in [1.807, 2.05) is 0 Å². The molecule has 0 saturated carbocycles. The number of aliphatic hydroxyl groups excluding tert-OH is 1. The van der Waals surface area contributed by atoms with E-state index in [9.17, 15) is 4.79 Å². The number of thioether (sulfide) groups is 1. The van der Waals surface area contributed by atoms with Gasteiger partial charge in [0.05, 0.1) is 25.2 Å². The number of carbonyl (C=O) groups excluding carboxylic acids is 1. The maximum Gasteiger partial charge on any atom is 0.230 e. The van der Waals surface area contributed by atoms with Crippen LogP contribution in [-0.2, 0) is 11.3 Å². The Labute approximate surface area is 86.7 Å². The highest BCUT2D eigenvalue weighted by Crippen LogP contribution is 2.00. The molecule has 0 spiro atoms. The lowest BCUT2D eigenvalue weighted by atomic mass is 10.4. The predicted molar refractivity (Wildman–Crippen MR) is 55.0 cm³/mol. The molecule has 0 aliphatic rings. The second-order valence-corrected chi connectivity index (χ2v) is 3.74. The fraction of sp³-hybridized carbons (Fsp3) is 0.444. The van der Waals surface area contributed by atoms with Crippen molar-refractivity contribution in [3.8, 4) is 0 Å². The van der Waals surface area contributed by atoms with Crippen molar-refractivity contribution in [1.82, 2.24) is 5.32 Å². The van der Waals surface area contributed by atoms with E-state index in [-0.39, 0.29) is 12.5 Å². The van der Waals surface area contributed by atoms with Gasteiger partial charge in [-0.15, -0.1) is 11.8 Å². The SMILES string of the molecule is O=C(CSCCO)NCc1ccco1. The van der Waals surface area contributed by atoms with Gasteiger partial charge in [-0.2, -0.15) is 0 Å². The molecule has 1 amide bonds. The molecule has 0 bridgehead atoms. The molecule has 1 aromatic heterocycles. The quantitative estimate of drug-likeness (QED) is 0.683. The highest BCUT2D eigenvalue weighted by atomic mass is 32.2. The summed E-state index contributed by atoms with van der Waals surface area (Å²) in [5.74, 6) is 1.67. The average Bonchev–Trinajstić information content (AvgIpc) is 2.68. The molecule has 0 fully saturated rings. The van der Waals surface area contributed by atoms with Crippen molar-refractivity contribution in [3.63, 3.8) is 0 Å². The van der Waals surface area contributed by atoms with Gasteiger partial charge < -0.3 is 14.8 Å². The van der Waals surface area contributed by atoms with Gasteiger partial charge in [0.25, 0.3) is 0 Å². The zero-order chi connectivity index (χ0) is 10.2. The topological polar surface area (TPSA) is 62.5 Å². The van der Waals surface area contributed by atoms with Crippen LogP contribution in [0.15, 0.2) is 22.8 Å². The normalized spacial score (nSPS) is 10.1. The van der Waals surface area contributed by atoms with Crippen molar-refractivity contribution in [2.75, 3.05) is 18.1 Å². The minimum Gasteiger partial charge on any atom is -0.467 e. The Hall–Kier alpha value is -0.940. The smallest absolute Gasteiger partial charge is 0.230 e. The van der Waals surface area contributed by atoms with Gasteiger partial charge in [-0.3, -0.25) is 4.79 Å². The first kappa shape index (κ1) is 11.1. The Bertz CT molecular complexity index is 261. The Morgan fingerprint density at radius 2 is 2.50 bits per heavy atom. The third-order valence-electron chi connectivity index (χ3n) is 1.51. The molecule has 14 heavy (non-hydrogen) atoms. The minimum atomic E-state index is -0.0418. The summed E-state index contributed by atoms with van der Waals surface area (Å²) in [6, 6.07) is 3.59. The molecule has 5 heteroatoms. The van der Waals surface area contributed by atoms with Crippen LogP contribution in [0.4, 0.5) is 0 Å². The van der Waals surface area contributed by atoms with E-state index < -0.39 is 0 Å². The first-order valence-corrected chi connectivity index (χ1v) is 5.46. The number of hydrogen-bond acceptors (Lipinski definition) is 4. The van der Waals surface area contributed by atoms with Crippen molar-refractivity contribution >= 4 is 17.7 Å². The number of furan rings is 1. The van der Waals surface area contributed by atoms with Crippen LogP contribution in [0.25, 0.3) is 0 Å². The van der Waals surface area contributed by atoms with Gasteiger partial charge in [-0.25, -0.2) is 0 Å². The second-order valence-electron chi connectivity index (χ2n) is 2.63. The molecule has 78 valence electrons. The van der Waals surface area contributed by atoms with E-state index in [0.717, 1.165) is 5.76 Å². The molecule has 1 heterocycles. The van der Waals surface area contributed by atoms with Crippen LogP contribution in [0.5, 0.6) is 0 Å². The van der Waals surface area contributed by atoms with E-state index >= 15 is 0 Å². The molecule has 0 radical (unpaired) electrons. The van der Waals surface area contributed by atoms with Crippen LogP contribution in [0.1, 0.15) is 5.76 Å². The predicted octanol–water partition coefficient (Wildman–Crippen LogP) is 0.621. The summed E-state index contributed by atoms with van der Waals surface area (Å²) < 4.78 is 5.05. The summed E-state index contributed by atoms with van der Waals surface area (Å²) in [4.78, 5) is 11.2. The van der Waals surface area contributed by atoms with Gasteiger partial charge in [0, 0.05) is 5.75 Å². The van der Waals surface area contributed by atoms with Gasteiger partial charge >= 0.3 is 0 Å². The van der Waals surface area contributed by atoms with Crippen LogP contribution in [-0.4, -0.2) is 29.1 Å². The maximum absolute atomic E-state index is 11.2. The van der Waals surface area contributed by atoms with Gasteiger partial charge in [-0.1, -0.05) is 0 Å². The van der Waals surface area contributed by atoms with Gasteiger partial charge in [0.2, 0.25) is 5.91 Å². The highest BCUT2D eigenvalue weighted by Gasteiger charge is 2.01. The van der Waals surface area contributed by atoms with Crippen LogP contribution in [0, 0.1) is 0 Å². The van der Waals surface area contributed by atoms with Crippen molar-refractivity contribution in [2.24, 2.45) is 0 Å². The van der Waals surface area contributed by atoms with Crippen LogP contribution in [0.2, 0.25) is 0 Å². The summed E-state index contributed by atoms with van der Waals surface area (Å²) in [5, 5.41) is 11.2. The summed E-state index contributed by atoms with van der Waals surface area (Å²) >= 11 is 1.41. The van der Waals surface area contributed by atoms with Gasteiger partial charge in [0.15, 0.2) is 0 Å². The zero-order valence-corrected chi connectivity index (χ0v) is 8.55. The molecule has 0 unspecified atom stereocenters. The number of amides is 1. The number of rotatable bonds is 6. The van der Waals surface area contributed by atoms with Crippen molar-refractivity contribution in [1.29, 1.82) is 0 Å². The van der Waals surface area contributed by atoms with E-state index in [0.29, 0.717) is 18.1 Å². The summed E-state index contributed by atoms with van der Waals surface area (Å²) in [5.41, 5.74) is 0. The molecule has 0 aliphatic carbocycles. The number of aliphatic hydroxyl groups is 1. The lowest BCUT2D eigenvalue weighted by Crippen LogP contribution is -2.24. The highest BCUT2D eigenvalue weighted by molar-refractivity contribution is 7.99.